The molecule has 3 aromatic rings. The summed E-state index contributed by atoms with van der Waals surface area (Å²) in [5, 5.41) is 24.3. The van der Waals surface area contributed by atoms with E-state index >= 15 is 0 Å². The Labute approximate surface area is 227 Å². The first kappa shape index (κ1) is 25.8. The summed E-state index contributed by atoms with van der Waals surface area (Å²) in [6.07, 6.45) is 0.512. The Bertz CT molecular complexity index is 1600. The number of hydrogen-bond donors (Lipinski definition) is 3. The van der Waals surface area contributed by atoms with Crippen LogP contribution in [0.5, 0.6) is 11.5 Å². The Morgan fingerprint density at radius 3 is 2.87 bits per heavy atom. The number of carbonyl (C=O) groups excluding carboxylic acids is 2. The lowest BCUT2D eigenvalue weighted by molar-refractivity contribution is -0.125. The minimum Gasteiger partial charge on any atom is -0.486 e. The molecule has 0 aliphatic carbocycles. The number of benzene rings is 1. The van der Waals surface area contributed by atoms with E-state index in [1.807, 2.05) is 0 Å². The lowest BCUT2D eigenvalue weighted by Gasteiger charge is -2.31. The van der Waals surface area contributed by atoms with E-state index in [0.29, 0.717) is 53.7 Å². The van der Waals surface area contributed by atoms with Crippen molar-refractivity contribution in [3.05, 3.63) is 44.7 Å². The molecule has 11 nitrogen and oxygen atoms in total. The Hall–Kier alpha value is -3.45. The number of carbonyl (C=O) groups is 2. The summed E-state index contributed by atoms with van der Waals surface area (Å²) in [5.41, 5.74) is 1.23. The first-order chi connectivity index (χ1) is 18.8. The normalized spacial score (nSPS) is 18.3. The minimum absolute atomic E-state index is 0.0681. The fraction of sp³-hybridized carbons (Fsp3) is 0.407. The van der Waals surface area contributed by atoms with Crippen LogP contribution >= 0.6 is 11.8 Å². The highest BCUT2D eigenvalue weighted by molar-refractivity contribution is 7.99. The maximum absolute atomic E-state index is 13.8. The van der Waals surface area contributed by atoms with Gasteiger partial charge in [0.15, 0.2) is 17.8 Å². The van der Waals surface area contributed by atoms with Gasteiger partial charge in [-0.25, -0.2) is 4.98 Å². The van der Waals surface area contributed by atoms with Gasteiger partial charge in [-0.1, -0.05) is 6.92 Å². The lowest BCUT2D eigenvalue weighted by Crippen LogP contribution is -2.35. The summed E-state index contributed by atoms with van der Waals surface area (Å²) < 4.78 is 18.7. The van der Waals surface area contributed by atoms with Gasteiger partial charge in [0.25, 0.3) is 5.56 Å². The summed E-state index contributed by atoms with van der Waals surface area (Å²) >= 11 is 1.51. The second-order valence-corrected chi connectivity index (χ2v) is 10.7. The van der Waals surface area contributed by atoms with Gasteiger partial charge in [0, 0.05) is 41.0 Å². The van der Waals surface area contributed by atoms with Gasteiger partial charge in [0.2, 0.25) is 5.91 Å². The van der Waals surface area contributed by atoms with Crippen LogP contribution in [0.3, 0.4) is 0 Å². The predicted octanol–water partition coefficient (Wildman–Crippen LogP) is 1.39. The zero-order valence-corrected chi connectivity index (χ0v) is 22.2. The van der Waals surface area contributed by atoms with Gasteiger partial charge in [0.1, 0.15) is 25.4 Å². The molecule has 0 bridgehead atoms. The van der Waals surface area contributed by atoms with E-state index in [9.17, 15) is 24.6 Å². The average Bonchev–Trinajstić information content (AvgIpc) is 3.33. The van der Waals surface area contributed by atoms with Crippen molar-refractivity contribution in [3.8, 4) is 22.9 Å². The molecule has 2 aromatic heterocycles. The number of amides is 1. The number of fused-ring (bicyclic) bond motifs is 6. The van der Waals surface area contributed by atoms with Crippen LogP contribution in [0.15, 0.2) is 21.8 Å². The Kier molecular flexibility index (Phi) is 6.37. The number of pyridine rings is 2. The highest BCUT2D eigenvalue weighted by Crippen LogP contribution is 2.52. The van der Waals surface area contributed by atoms with Crippen molar-refractivity contribution in [1.82, 2.24) is 14.9 Å². The molecule has 5 heterocycles. The van der Waals surface area contributed by atoms with Crippen molar-refractivity contribution < 1.29 is 34.0 Å². The Morgan fingerprint density at radius 2 is 2.15 bits per heavy atom. The van der Waals surface area contributed by atoms with Crippen molar-refractivity contribution in [3.63, 3.8) is 0 Å². The van der Waals surface area contributed by atoms with Gasteiger partial charge >= 0.3 is 0 Å². The zero-order valence-electron chi connectivity index (χ0n) is 21.4. The molecule has 3 aliphatic rings. The molecular weight excluding hydrogens is 526 g/mol. The topological polar surface area (TPSA) is 149 Å². The van der Waals surface area contributed by atoms with Crippen LogP contribution in [0.4, 0.5) is 0 Å². The second-order valence-electron chi connectivity index (χ2n) is 9.71. The standard InChI is InChI=1S/C27H27N3O8S/c1-3-27(35,12-32)15-6-18-23-13(8-30(18)26(34)14(15)10-36-2)21-17(28-20(33)9-31)11-39-25-22(21)16(29-23)7-19-24(25)38-5-4-37-19/h6-7,12,17,31,35H,3-5,8-11H2,1-2H3,(H,28,33)/t17?,27-/m1/s1. The lowest BCUT2D eigenvalue weighted by atomic mass is 9.88. The van der Waals surface area contributed by atoms with Crippen LogP contribution < -0.4 is 20.3 Å². The maximum atomic E-state index is 13.8. The fourth-order valence-corrected chi connectivity index (χ4v) is 6.90. The fourth-order valence-electron chi connectivity index (χ4n) is 5.66. The molecule has 39 heavy (non-hydrogen) atoms. The molecule has 1 aromatic carbocycles. The summed E-state index contributed by atoms with van der Waals surface area (Å²) in [5.74, 6) is 1.15. The van der Waals surface area contributed by atoms with Crippen LogP contribution in [0.2, 0.25) is 0 Å². The number of nitrogens with one attached hydrogen (secondary N) is 1. The van der Waals surface area contributed by atoms with Crippen molar-refractivity contribution in [2.75, 3.05) is 32.7 Å². The predicted molar refractivity (Wildman–Crippen MR) is 141 cm³/mol. The van der Waals surface area contributed by atoms with Crippen molar-refractivity contribution in [1.29, 1.82) is 0 Å². The van der Waals surface area contributed by atoms with Gasteiger partial charge in [0.05, 0.1) is 41.0 Å². The van der Waals surface area contributed by atoms with Crippen LogP contribution in [0.1, 0.15) is 41.6 Å². The zero-order chi connectivity index (χ0) is 27.5. The van der Waals surface area contributed by atoms with Gasteiger partial charge in [-0.2, -0.15) is 0 Å². The van der Waals surface area contributed by atoms with Gasteiger partial charge in [-0.15, -0.1) is 11.8 Å². The number of nitrogens with zero attached hydrogens (tertiary/aromatic N) is 2. The number of aromatic nitrogens is 2. The number of hydrogen-bond acceptors (Lipinski definition) is 10. The molecule has 1 amide bonds. The van der Waals surface area contributed by atoms with E-state index < -0.39 is 24.2 Å². The van der Waals surface area contributed by atoms with E-state index in [1.54, 1.807) is 23.6 Å². The van der Waals surface area contributed by atoms with Crippen molar-refractivity contribution in [2.45, 2.75) is 43.0 Å². The third kappa shape index (κ3) is 3.85. The summed E-state index contributed by atoms with van der Waals surface area (Å²) in [6.45, 7) is 1.91. The molecule has 0 saturated heterocycles. The summed E-state index contributed by atoms with van der Waals surface area (Å²) in [6, 6.07) is 2.97. The largest absolute Gasteiger partial charge is 0.486 e. The first-order valence-corrected chi connectivity index (χ1v) is 13.6. The molecule has 204 valence electrons. The summed E-state index contributed by atoms with van der Waals surface area (Å²) in [7, 11) is 1.44. The molecule has 0 saturated carbocycles. The van der Waals surface area contributed by atoms with Crippen LogP contribution in [0.25, 0.3) is 22.3 Å². The molecule has 0 radical (unpaired) electrons. The third-order valence-corrected chi connectivity index (χ3v) is 8.73. The van der Waals surface area contributed by atoms with Gasteiger partial charge in [-0.3, -0.25) is 14.4 Å². The number of aldehydes is 1. The highest BCUT2D eigenvalue weighted by Gasteiger charge is 2.39. The van der Waals surface area contributed by atoms with Crippen molar-refractivity contribution in [2.24, 2.45) is 0 Å². The van der Waals surface area contributed by atoms with E-state index in [-0.39, 0.29) is 36.3 Å². The minimum atomic E-state index is -1.87. The molecule has 0 spiro atoms. The number of methoxy groups -OCH3 is 1. The number of ether oxygens (including phenoxy) is 3. The Morgan fingerprint density at radius 1 is 1.36 bits per heavy atom. The average molecular weight is 554 g/mol. The monoisotopic (exact) mass is 553 g/mol. The molecule has 12 heteroatoms. The number of aliphatic hydroxyl groups excluding tert-OH is 1. The SMILES string of the molecule is CC[C@@](O)(C=O)c1cc2n(c(=O)c1COC)Cc1c-2nc2cc3c(c4c2c1C(NC(=O)CO)CS4)OCCO3. The third-order valence-electron chi connectivity index (χ3n) is 7.55. The van der Waals surface area contributed by atoms with Crippen LogP contribution in [-0.2, 0) is 33.1 Å². The highest BCUT2D eigenvalue weighted by atomic mass is 32.2. The number of rotatable bonds is 7. The molecule has 3 N–H and O–H groups in total. The molecular formula is C27H27N3O8S. The van der Waals surface area contributed by atoms with E-state index in [2.05, 4.69) is 5.32 Å². The Balaban J connectivity index is 1.66. The summed E-state index contributed by atoms with van der Waals surface area (Å²) in [4.78, 5) is 43.9. The quantitative estimate of drug-likeness (QED) is 0.287. The second kappa shape index (κ2) is 9.63. The smallest absolute Gasteiger partial charge is 0.257 e. The maximum Gasteiger partial charge on any atom is 0.257 e. The van der Waals surface area contributed by atoms with Crippen molar-refractivity contribution >= 4 is 34.9 Å². The number of thioether (sulfide) groups is 1. The first-order valence-electron chi connectivity index (χ1n) is 12.6. The van der Waals surface area contributed by atoms with E-state index in [4.69, 9.17) is 19.2 Å². The molecule has 3 aliphatic heterocycles. The van der Waals surface area contributed by atoms with Gasteiger partial charge < -0.3 is 34.3 Å². The van der Waals surface area contributed by atoms with E-state index in [1.165, 1.54) is 18.9 Å². The number of aliphatic hydroxyl groups is 2. The van der Waals surface area contributed by atoms with Crippen LogP contribution in [-0.4, -0.2) is 64.6 Å². The molecule has 0 fully saturated rings. The molecule has 2 atom stereocenters. The molecule has 1 unspecified atom stereocenters. The molecule has 6 rings (SSSR count). The van der Waals surface area contributed by atoms with Crippen LogP contribution in [0, 0.1) is 0 Å². The van der Waals surface area contributed by atoms with Gasteiger partial charge in [-0.05, 0) is 18.1 Å². The van der Waals surface area contributed by atoms with E-state index in [0.717, 1.165) is 21.4 Å².